The van der Waals surface area contributed by atoms with E-state index in [0.717, 1.165) is 55.1 Å². The van der Waals surface area contributed by atoms with Crippen LogP contribution in [-0.4, -0.2) is 55.7 Å². The number of aromatic nitrogens is 2. The molecule has 0 bridgehead atoms. The molecule has 0 spiro atoms. The van der Waals surface area contributed by atoms with Crippen LogP contribution >= 0.6 is 0 Å². The van der Waals surface area contributed by atoms with Gasteiger partial charge in [-0.3, -0.25) is 4.90 Å². The van der Waals surface area contributed by atoms with E-state index >= 15 is 0 Å². The Hall–Kier alpha value is -2.71. The first-order chi connectivity index (χ1) is 14.9. The highest BCUT2D eigenvalue weighted by Crippen LogP contribution is 2.43. The van der Waals surface area contributed by atoms with Crippen molar-refractivity contribution in [3.05, 3.63) is 53.6 Å². The second-order valence-electron chi connectivity index (χ2n) is 8.60. The van der Waals surface area contributed by atoms with Crippen molar-refractivity contribution in [3.8, 4) is 0 Å². The highest BCUT2D eigenvalue weighted by atomic mass is 32.2. The smallest absolute Gasteiger partial charge is 0.175 e. The zero-order chi connectivity index (χ0) is 21.6. The quantitative estimate of drug-likeness (QED) is 0.656. The van der Waals surface area contributed by atoms with Gasteiger partial charge >= 0.3 is 0 Å². The summed E-state index contributed by atoms with van der Waals surface area (Å²) in [7, 11) is -3.16. The number of para-hydroxylation sites is 1. The van der Waals surface area contributed by atoms with Gasteiger partial charge in [0.15, 0.2) is 21.5 Å². The van der Waals surface area contributed by atoms with Gasteiger partial charge in [-0.15, -0.1) is 0 Å². The van der Waals surface area contributed by atoms with Crippen molar-refractivity contribution in [3.63, 3.8) is 0 Å². The molecule has 1 saturated carbocycles. The minimum atomic E-state index is -3.16. The number of fused-ring (bicyclic) bond motifs is 1. The van der Waals surface area contributed by atoms with Gasteiger partial charge in [0.05, 0.1) is 15.9 Å². The lowest BCUT2D eigenvalue weighted by molar-refractivity contribution is 0.249. The van der Waals surface area contributed by atoms with Crippen LogP contribution in [0.2, 0.25) is 0 Å². The van der Waals surface area contributed by atoms with E-state index in [1.165, 1.54) is 24.7 Å². The molecule has 1 aliphatic carbocycles. The second-order valence-corrected chi connectivity index (χ2v) is 10.6. The molecule has 1 saturated heterocycles. The van der Waals surface area contributed by atoms with Crippen molar-refractivity contribution in [2.75, 3.05) is 43.1 Å². The van der Waals surface area contributed by atoms with Crippen molar-refractivity contribution in [1.29, 1.82) is 0 Å². The van der Waals surface area contributed by atoms with E-state index in [9.17, 15) is 8.42 Å². The second kappa shape index (κ2) is 7.76. The largest absolute Gasteiger partial charge is 0.381 e. The first-order valence-corrected chi connectivity index (χ1v) is 12.6. The predicted octanol–water partition coefficient (Wildman–Crippen LogP) is 2.82. The summed E-state index contributed by atoms with van der Waals surface area (Å²) in [6.45, 7) is 4.23. The fourth-order valence-electron chi connectivity index (χ4n) is 4.28. The van der Waals surface area contributed by atoms with Crippen LogP contribution in [0.25, 0.3) is 11.0 Å². The number of piperazine rings is 1. The van der Waals surface area contributed by atoms with Crippen LogP contribution in [0.1, 0.15) is 29.9 Å². The predicted molar refractivity (Wildman–Crippen MR) is 123 cm³/mol. The summed E-state index contributed by atoms with van der Waals surface area (Å²) >= 11 is 0. The molecule has 1 aliphatic heterocycles. The third-order valence-corrected chi connectivity index (χ3v) is 7.31. The molecule has 0 radical (unpaired) electrons. The summed E-state index contributed by atoms with van der Waals surface area (Å²) < 4.78 is 23.3. The average molecular weight is 438 g/mol. The fourth-order valence-corrected chi connectivity index (χ4v) is 4.91. The van der Waals surface area contributed by atoms with Crippen LogP contribution < -0.4 is 10.6 Å². The number of nitrogens with two attached hydrogens (primary N) is 1. The topological polar surface area (TPSA) is 92.4 Å². The molecule has 2 heterocycles. The first-order valence-electron chi connectivity index (χ1n) is 10.7. The van der Waals surface area contributed by atoms with Gasteiger partial charge < -0.3 is 10.6 Å². The molecule has 0 atom stereocenters. The molecule has 2 fully saturated rings. The Balaban J connectivity index is 1.29. The molecule has 7 nitrogen and oxygen atoms in total. The number of hydrogen-bond acceptors (Lipinski definition) is 7. The number of nitrogen functional groups attached to an aromatic ring is 1. The Morgan fingerprint density at radius 1 is 1.00 bits per heavy atom. The van der Waals surface area contributed by atoms with Crippen LogP contribution in [0.5, 0.6) is 0 Å². The maximum absolute atomic E-state index is 11.6. The number of nitrogens with zero attached hydrogens (tertiary/aromatic N) is 4. The molecule has 162 valence electrons. The summed E-state index contributed by atoms with van der Waals surface area (Å²) in [5.41, 5.74) is 10.6. The Bertz CT molecular complexity index is 1210. The Morgan fingerprint density at radius 2 is 1.71 bits per heavy atom. The van der Waals surface area contributed by atoms with Gasteiger partial charge in [0, 0.05) is 39.0 Å². The molecular weight excluding hydrogens is 410 g/mol. The van der Waals surface area contributed by atoms with Crippen LogP contribution in [-0.2, 0) is 16.4 Å². The van der Waals surface area contributed by atoms with E-state index in [1.54, 1.807) is 12.1 Å². The van der Waals surface area contributed by atoms with Crippen molar-refractivity contribution >= 4 is 32.5 Å². The molecule has 2 aliphatic rings. The standard InChI is InChI=1S/C23H27N5O2S/c1-31(29,30)18-9-5-16(6-10-18)15-27-11-13-28(14-12-27)23-22(24)25-20-4-2-3-19(17-7-8-17)21(20)26-23/h2-6,9-10,17H,7-8,11-15H2,1H3,(H2,24,25). The molecule has 2 aromatic carbocycles. The number of rotatable bonds is 5. The summed E-state index contributed by atoms with van der Waals surface area (Å²) in [4.78, 5) is 14.6. The van der Waals surface area contributed by atoms with E-state index in [-0.39, 0.29) is 0 Å². The zero-order valence-electron chi connectivity index (χ0n) is 17.7. The van der Waals surface area contributed by atoms with E-state index in [0.29, 0.717) is 16.6 Å². The Labute approximate surface area is 182 Å². The van der Waals surface area contributed by atoms with Gasteiger partial charge in [-0.05, 0) is 48.1 Å². The minimum absolute atomic E-state index is 0.358. The normalized spacial score (nSPS) is 17.9. The summed E-state index contributed by atoms with van der Waals surface area (Å²) in [5, 5.41) is 0. The van der Waals surface area contributed by atoms with Crippen LogP contribution in [0.3, 0.4) is 0 Å². The minimum Gasteiger partial charge on any atom is -0.381 e. The maximum atomic E-state index is 11.6. The molecule has 3 aromatic rings. The van der Waals surface area contributed by atoms with Crippen molar-refractivity contribution < 1.29 is 8.42 Å². The lowest BCUT2D eigenvalue weighted by Crippen LogP contribution is -2.46. The van der Waals surface area contributed by atoms with Crippen molar-refractivity contribution in [2.45, 2.75) is 30.2 Å². The van der Waals surface area contributed by atoms with E-state index in [1.807, 2.05) is 24.3 Å². The SMILES string of the molecule is CS(=O)(=O)c1ccc(CN2CCN(c3nc4c(C5CC5)cccc4nc3N)CC2)cc1. The molecule has 31 heavy (non-hydrogen) atoms. The number of hydrogen-bond donors (Lipinski definition) is 1. The molecule has 2 N–H and O–H groups in total. The third kappa shape index (κ3) is 4.22. The Kier molecular flexibility index (Phi) is 5.06. The van der Waals surface area contributed by atoms with Gasteiger partial charge in [-0.2, -0.15) is 0 Å². The fraction of sp³-hybridized carbons (Fsp3) is 0.391. The Morgan fingerprint density at radius 3 is 2.35 bits per heavy atom. The highest BCUT2D eigenvalue weighted by Gasteiger charge is 2.27. The lowest BCUT2D eigenvalue weighted by atomic mass is 10.1. The monoisotopic (exact) mass is 437 g/mol. The van der Waals surface area contributed by atoms with Crippen LogP contribution in [0.15, 0.2) is 47.4 Å². The molecule has 1 aromatic heterocycles. The molecule has 8 heteroatoms. The van der Waals surface area contributed by atoms with Crippen molar-refractivity contribution in [1.82, 2.24) is 14.9 Å². The summed E-state index contributed by atoms with van der Waals surface area (Å²) in [6.07, 6.45) is 3.69. The van der Waals surface area contributed by atoms with Crippen molar-refractivity contribution in [2.24, 2.45) is 0 Å². The summed E-state index contributed by atoms with van der Waals surface area (Å²) in [5.74, 6) is 1.89. The number of sulfone groups is 1. The van der Waals surface area contributed by atoms with Gasteiger partial charge in [0.1, 0.15) is 0 Å². The first kappa shape index (κ1) is 20.2. The highest BCUT2D eigenvalue weighted by molar-refractivity contribution is 7.90. The van der Waals surface area contributed by atoms with Crippen LogP contribution in [0, 0.1) is 0 Å². The zero-order valence-corrected chi connectivity index (χ0v) is 18.5. The number of anilines is 2. The lowest BCUT2D eigenvalue weighted by Gasteiger charge is -2.35. The van der Waals surface area contributed by atoms with Gasteiger partial charge in [0.2, 0.25) is 0 Å². The van der Waals surface area contributed by atoms with Crippen LogP contribution in [0.4, 0.5) is 11.6 Å². The van der Waals surface area contributed by atoms with Gasteiger partial charge in [-0.25, -0.2) is 18.4 Å². The summed E-state index contributed by atoms with van der Waals surface area (Å²) in [6, 6.07) is 13.4. The third-order valence-electron chi connectivity index (χ3n) is 6.18. The molecule has 0 amide bonds. The average Bonchev–Trinajstić information content (AvgIpc) is 3.58. The number of benzene rings is 2. The molecule has 0 unspecified atom stereocenters. The van der Waals surface area contributed by atoms with E-state index < -0.39 is 9.84 Å². The van der Waals surface area contributed by atoms with E-state index in [4.69, 9.17) is 10.7 Å². The van der Waals surface area contributed by atoms with Gasteiger partial charge in [-0.1, -0.05) is 24.3 Å². The maximum Gasteiger partial charge on any atom is 0.175 e. The van der Waals surface area contributed by atoms with Gasteiger partial charge in [0.25, 0.3) is 0 Å². The molecule has 5 rings (SSSR count). The molecular formula is C23H27N5O2S. The van der Waals surface area contributed by atoms with E-state index in [2.05, 4.69) is 20.9 Å².